The Labute approximate surface area is 262 Å². The first kappa shape index (κ1) is 25.9. The van der Waals surface area contributed by atoms with Gasteiger partial charge in [0.1, 0.15) is 11.0 Å². The third-order valence-electron chi connectivity index (χ3n) is 10.0. The number of fused-ring (bicyclic) bond motifs is 13. The van der Waals surface area contributed by atoms with Gasteiger partial charge in [0.05, 0.1) is 22.0 Å². The standard InChI is InChI=1S/C43H31NO/c1-5-14-39-29(7-3)41-40(24-23-34-28(6-2)26(4)45-42(34)41)44(39)27-21-22-33-32-17-10-13-20-37(32)43(38(33)25-27)35-18-11-8-15-30(35)31-16-9-12-19-36(31)43/h5-25H,3-4H2,1-2H3/b14-5-,28-6+. The van der Waals surface area contributed by atoms with Gasteiger partial charge in [-0.25, -0.2) is 0 Å². The van der Waals surface area contributed by atoms with Crippen molar-refractivity contribution < 1.29 is 4.42 Å². The van der Waals surface area contributed by atoms with E-state index >= 15 is 0 Å². The van der Waals surface area contributed by atoms with Gasteiger partial charge in [0.15, 0.2) is 0 Å². The summed E-state index contributed by atoms with van der Waals surface area (Å²) in [5, 5.41) is 3.17. The summed E-state index contributed by atoms with van der Waals surface area (Å²) in [7, 11) is 0. The van der Waals surface area contributed by atoms with Crippen LogP contribution in [-0.2, 0) is 5.41 Å². The molecule has 0 unspecified atom stereocenters. The minimum absolute atomic E-state index is 0.400. The molecule has 1 spiro atoms. The van der Waals surface area contributed by atoms with E-state index < -0.39 is 5.41 Å². The fourth-order valence-electron chi connectivity index (χ4n) is 8.39. The van der Waals surface area contributed by atoms with Gasteiger partial charge in [-0.15, -0.1) is 0 Å². The first-order valence-electron chi connectivity index (χ1n) is 15.6. The Bertz CT molecular complexity index is 2490. The highest BCUT2D eigenvalue weighted by molar-refractivity contribution is 6.10. The molecular weight excluding hydrogens is 546 g/mol. The van der Waals surface area contributed by atoms with E-state index in [0.29, 0.717) is 5.42 Å². The van der Waals surface area contributed by atoms with Gasteiger partial charge in [-0.2, -0.15) is 0 Å². The maximum Gasteiger partial charge on any atom is 0.145 e. The Morgan fingerprint density at radius 3 is 1.89 bits per heavy atom. The van der Waals surface area contributed by atoms with Crippen molar-refractivity contribution in [2.45, 2.75) is 19.3 Å². The van der Waals surface area contributed by atoms with E-state index in [-0.39, 0.29) is 0 Å². The van der Waals surface area contributed by atoms with E-state index in [1.807, 2.05) is 13.0 Å². The Kier molecular flexibility index (Phi) is 5.29. The Hall–Kier alpha value is -5.60. The number of benzene rings is 5. The predicted octanol–water partition coefficient (Wildman–Crippen LogP) is 9.61. The van der Waals surface area contributed by atoms with Crippen LogP contribution in [-0.4, -0.2) is 4.57 Å². The van der Waals surface area contributed by atoms with Crippen molar-refractivity contribution in [1.29, 1.82) is 0 Å². The minimum atomic E-state index is -0.400. The second kappa shape index (κ2) is 9.20. The maximum atomic E-state index is 6.37. The zero-order valence-electron chi connectivity index (χ0n) is 25.4. The topological polar surface area (TPSA) is 18.1 Å². The summed E-state index contributed by atoms with van der Waals surface area (Å²) >= 11 is 0. The van der Waals surface area contributed by atoms with Crippen LogP contribution in [0.4, 0.5) is 0 Å². The zero-order chi connectivity index (χ0) is 30.4. The van der Waals surface area contributed by atoms with Crippen molar-refractivity contribution in [2.24, 2.45) is 0 Å². The Balaban J connectivity index is 1.42. The van der Waals surface area contributed by atoms with Crippen molar-refractivity contribution in [3.8, 4) is 27.9 Å². The summed E-state index contributed by atoms with van der Waals surface area (Å²) in [4.78, 5) is 0. The van der Waals surface area contributed by atoms with Crippen LogP contribution in [0.2, 0.25) is 0 Å². The van der Waals surface area contributed by atoms with Crippen LogP contribution in [0.5, 0.6) is 0 Å². The van der Waals surface area contributed by atoms with E-state index in [1.165, 1.54) is 44.5 Å². The molecule has 9 rings (SSSR count). The first-order valence-corrected chi connectivity index (χ1v) is 15.6. The van der Waals surface area contributed by atoms with Crippen LogP contribution >= 0.6 is 0 Å². The van der Waals surface area contributed by atoms with E-state index in [2.05, 4.69) is 146 Å². The van der Waals surface area contributed by atoms with Crippen molar-refractivity contribution in [1.82, 2.24) is 4.57 Å². The lowest BCUT2D eigenvalue weighted by atomic mass is 9.70. The van der Waals surface area contributed by atoms with Gasteiger partial charge in [0, 0.05) is 21.9 Å². The molecule has 0 aliphatic heterocycles. The molecule has 0 radical (unpaired) electrons. The fraction of sp³-hybridized carbons (Fsp3) is 0.0698. The summed E-state index contributed by atoms with van der Waals surface area (Å²) in [6, 6.07) is 38.3. The maximum absolute atomic E-state index is 6.37. The third-order valence-corrected chi connectivity index (χ3v) is 10.0. The minimum Gasteiger partial charge on any atom is -0.456 e. The molecule has 2 nitrogen and oxygen atoms in total. The molecule has 0 saturated heterocycles. The number of hydrogen-bond donors (Lipinski definition) is 0. The molecule has 7 aromatic rings. The largest absolute Gasteiger partial charge is 0.456 e. The molecule has 2 heterocycles. The normalized spacial score (nSPS) is 14.4. The second-order valence-corrected chi connectivity index (χ2v) is 12.0. The van der Waals surface area contributed by atoms with Gasteiger partial charge < -0.3 is 8.98 Å². The van der Waals surface area contributed by atoms with Crippen molar-refractivity contribution >= 4 is 46.7 Å². The predicted molar refractivity (Wildman–Crippen MR) is 189 cm³/mol. The van der Waals surface area contributed by atoms with E-state index in [0.717, 1.165) is 44.0 Å². The number of allylic oxidation sites excluding steroid dienone is 1. The molecule has 214 valence electrons. The molecule has 0 N–H and O–H groups in total. The molecule has 0 bridgehead atoms. The van der Waals surface area contributed by atoms with Gasteiger partial charge >= 0.3 is 0 Å². The zero-order valence-corrected chi connectivity index (χ0v) is 25.4. The van der Waals surface area contributed by atoms with Crippen molar-refractivity contribution in [3.63, 3.8) is 0 Å². The molecule has 0 fully saturated rings. The van der Waals surface area contributed by atoms with E-state index in [1.54, 1.807) is 0 Å². The SMILES string of the molecule is C=Cc1c(/C=C\C)n(-c2ccc3c(c2)C2(c4ccccc4-c4ccccc42)c2ccccc2-3)c2ccc3/c(=C/C)c(=C)oc3c12. The number of furan rings is 1. The summed E-state index contributed by atoms with van der Waals surface area (Å²) < 4.78 is 8.74. The van der Waals surface area contributed by atoms with E-state index in [4.69, 9.17) is 4.42 Å². The van der Waals surface area contributed by atoms with Crippen LogP contribution in [0.1, 0.15) is 47.4 Å². The highest BCUT2D eigenvalue weighted by Gasteiger charge is 2.51. The molecule has 2 aliphatic rings. The first-order chi connectivity index (χ1) is 22.1. The van der Waals surface area contributed by atoms with Gasteiger partial charge in [0.25, 0.3) is 0 Å². The average molecular weight is 578 g/mol. The molecule has 0 amide bonds. The monoisotopic (exact) mass is 577 g/mol. The molecule has 0 atom stereocenters. The van der Waals surface area contributed by atoms with Crippen LogP contribution in [0.3, 0.4) is 0 Å². The Morgan fingerprint density at radius 2 is 1.31 bits per heavy atom. The summed E-state index contributed by atoms with van der Waals surface area (Å²) in [6.45, 7) is 12.6. The van der Waals surface area contributed by atoms with E-state index in [9.17, 15) is 0 Å². The molecule has 5 aromatic carbocycles. The highest BCUT2D eigenvalue weighted by Crippen LogP contribution is 2.62. The molecule has 0 saturated carbocycles. The van der Waals surface area contributed by atoms with Crippen molar-refractivity contribution in [2.75, 3.05) is 0 Å². The Morgan fingerprint density at radius 1 is 0.711 bits per heavy atom. The van der Waals surface area contributed by atoms with Crippen LogP contribution in [0.25, 0.3) is 74.6 Å². The smallest absolute Gasteiger partial charge is 0.145 e. The number of aromatic nitrogens is 1. The fourth-order valence-corrected chi connectivity index (χ4v) is 8.39. The molecule has 2 heteroatoms. The van der Waals surface area contributed by atoms with Gasteiger partial charge in [-0.05, 0) is 88.7 Å². The van der Waals surface area contributed by atoms with Gasteiger partial charge in [-0.3, -0.25) is 0 Å². The van der Waals surface area contributed by atoms with Gasteiger partial charge in [0.2, 0.25) is 0 Å². The van der Waals surface area contributed by atoms with Gasteiger partial charge in [-0.1, -0.05) is 110 Å². The number of rotatable bonds is 3. The quantitative estimate of drug-likeness (QED) is 0.204. The second-order valence-electron chi connectivity index (χ2n) is 12.0. The van der Waals surface area contributed by atoms with Crippen LogP contribution < -0.4 is 10.6 Å². The third kappa shape index (κ3) is 3.09. The molecule has 2 aromatic heterocycles. The number of hydrogen-bond acceptors (Lipinski definition) is 1. The van der Waals surface area contributed by atoms with Crippen LogP contribution in [0, 0.1) is 0 Å². The lowest BCUT2D eigenvalue weighted by Gasteiger charge is -2.30. The van der Waals surface area contributed by atoms with Crippen molar-refractivity contribution in [3.05, 3.63) is 160 Å². The lowest BCUT2D eigenvalue weighted by molar-refractivity contribution is 0.580. The summed E-state index contributed by atoms with van der Waals surface area (Å²) in [5.74, 6) is 0. The summed E-state index contributed by atoms with van der Waals surface area (Å²) in [5.41, 5.74) is 16.0. The molecule has 2 aliphatic carbocycles. The average Bonchev–Trinajstić information content (AvgIpc) is 3.77. The highest BCUT2D eigenvalue weighted by atomic mass is 16.3. The molecular formula is C43H31NO. The lowest BCUT2D eigenvalue weighted by Crippen LogP contribution is -2.26. The molecule has 45 heavy (non-hydrogen) atoms. The van der Waals surface area contributed by atoms with Crippen LogP contribution in [0.15, 0.2) is 120 Å². The summed E-state index contributed by atoms with van der Waals surface area (Å²) in [6.07, 6.45) is 8.32. The number of nitrogens with zero attached hydrogens (tertiary/aromatic N) is 1.